The zero-order chi connectivity index (χ0) is 10.8. The van der Waals surface area contributed by atoms with Gasteiger partial charge in [-0.1, -0.05) is 18.2 Å². The minimum atomic E-state index is 1.03. The number of rotatable bonds is 2. The molecule has 0 aliphatic rings. The summed E-state index contributed by atoms with van der Waals surface area (Å²) >= 11 is 0. The van der Waals surface area contributed by atoms with Gasteiger partial charge in [0, 0.05) is 22.7 Å². The first-order chi connectivity index (χ1) is 7.93. The van der Waals surface area contributed by atoms with Crippen LogP contribution in [0.5, 0.6) is 0 Å². The topological polar surface area (TPSA) is 58.9 Å². The fourth-order valence-corrected chi connectivity index (χ4v) is 1.58. The van der Waals surface area contributed by atoms with Crippen molar-refractivity contribution in [3.8, 4) is 0 Å². The standard InChI is InChI=1S/C11H9N5/c1-2-4-11-10(3-1)9(5-13-11)6-14-16-8-12-7-15-16/h1-8,13H/b14-6+. The van der Waals surface area contributed by atoms with Crippen molar-refractivity contribution < 1.29 is 0 Å². The van der Waals surface area contributed by atoms with Gasteiger partial charge in [-0.25, -0.2) is 4.98 Å². The van der Waals surface area contributed by atoms with Crippen LogP contribution in [0.25, 0.3) is 10.9 Å². The molecule has 0 spiro atoms. The van der Waals surface area contributed by atoms with Crippen LogP contribution in [-0.4, -0.2) is 26.1 Å². The molecule has 2 heterocycles. The van der Waals surface area contributed by atoms with E-state index < -0.39 is 0 Å². The normalized spacial score (nSPS) is 11.5. The largest absolute Gasteiger partial charge is 0.361 e. The van der Waals surface area contributed by atoms with E-state index in [9.17, 15) is 0 Å². The van der Waals surface area contributed by atoms with Crippen LogP contribution in [0.1, 0.15) is 5.56 Å². The Bertz CT molecular complexity index is 621. The number of aromatic nitrogens is 4. The van der Waals surface area contributed by atoms with Crippen LogP contribution in [0.2, 0.25) is 0 Å². The molecule has 0 radical (unpaired) electrons. The highest BCUT2D eigenvalue weighted by Crippen LogP contribution is 2.15. The third-order valence-corrected chi connectivity index (χ3v) is 2.34. The van der Waals surface area contributed by atoms with E-state index in [1.54, 1.807) is 12.5 Å². The van der Waals surface area contributed by atoms with Crippen molar-refractivity contribution in [1.29, 1.82) is 0 Å². The van der Waals surface area contributed by atoms with E-state index in [-0.39, 0.29) is 0 Å². The molecule has 1 N–H and O–H groups in total. The number of nitrogens with zero attached hydrogens (tertiary/aromatic N) is 4. The maximum atomic E-state index is 4.16. The fourth-order valence-electron chi connectivity index (χ4n) is 1.58. The van der Waals surface area contributed by atoms with Gasteiger partial charge >= 0.3 is 0 Å². The summed E-state index contributed by atoms with van der Waals surface area (Å²) in [5, 5.41) is 9.19. The molecule has 5 heteroatoms. The second kappa shape index (κ2) is 3.62. The molecule has 0 saturated heterocycles. The van der Waals surface area contributed by atoms with Crippen molar-refractivity contribution >= 4 is 17.1 Å². The molecule has 0 saturated carbocycles. The number of hydrogen-bond acceptors (Lipinski definition) is 3. The molecule has 0 fully saturated rings. The van der Waals surface area contributed by atoms with Crippen molar-refractivity contribution in [1.82, 2.24) is 19.9 Å². The summed E-state index contributed by atoms with van der Waals surface area (Å²) < 4.78 is 0. The number of aromatic amines is 1. The van der Waals surface area contributed by atoms with E-state index in [4.69, 9.17) is 0 Å². The number of fused-ring (bicyclic) bond motifs is 1. The van der Waals surface area contributed by atoms with E-state index in [1.807, 2.05) is 24.4 Å². The zero-order valence-electron chi connectivity index (χ0n) is 8.41. The highest BCUT2D eigenvalue weighted by Gasteiger charge is 1.99. The average molecular weight is 211 g/mol. The summed E-state index contributed by atoms with van der Waals surface area (Å²) in [7, 11) is 0. The quantitative estimate of drug-likeness (QED) is 0.655. The predicted octanol–water partition coefficient (Wildman–Crippen LogP) is 1.64. The van der Waals surface area contributed by atoms with Gasteiger partial charge < -0.3 is 4.98 Å². The Morgan fingerprint density at radius 2 is 2.25 bits per heavy atom. The Kier molecular flexibility index (Phi) is 2.00. The van der Waals surface area contributed by atoms with Crippen LogP contribution >= 0.6 is 0 Å². The van der Waals surface area contributed by atoms with E-state index >= 15 is 0 Å². The first-order valence-electron chi connectivity index (χ1n) is 4.88. The molecule has 0 bridgehead atoms. The first kappa shape index (κ1) is 8.84. The smallest absolute Gasteiger partial charge is 0.139 e. The summed E-state index contributed by atoms with van der Waals surface area (Å²) in [6, 6.07) is 8.08. The lowest BCUT2D eigenvalue weighted by Gasteiger charge is -1.90. The molecule has 5 nitrogen and oxygen atoms in total. The van der Waals surface area contributed by atoms with Crippen LogP contribution in [0.3, 0.4) is 0 Å². The highest BCUT2D eigenvalue weighted by molar-refractivity contribution is 5.98. The maximum absolute atomic E-state index is 4.16. The SMILES string of the molecule is C(=N\n1cncn1)/c1c[nH]c2ccccc12. The number of nitrogens with one attached hydrogen (secondary N) is 1. The summed E-state index contributed by atoms with van der Waals surface area (Å²) in [4.78, 5) is 8.41. The van der Waals surface area contributed by atoms with Crippen LogP contribution in [-0.2, 0) is 0 Å². The minimum absolute atomic E-state index is 1.03. The number of hydrogen-bond donors (Lipinski definition) is 1. The minimum Gasteiger partial charge on any atom is -0.361 e. The molecule has 16 heavy (non-hydrogen) atoms. The summed E-state index contributed by atoms with van der Waals surface area (Å²) in [5.41, 5.74) is 2.13. The van der Waals surface area contributed by atoms with Crippen molar-refractivity contribution in [2.75, 3.05) is 0 Å². The Balaban J connectivity index is 2.01. The lowest BCUT2D eigenvalue weighted by atomic mass is 10.2. The Labute approximate surface area is 91.4 Å². The molecule has 0 atom stereocenters. The molecular formula is C11H9N5. The van der Waals surface area contributed by atoms with Crippen molar-refractivity contribution in [2.24, 2.45) is 5.10 Å². The Hall–Kier alpha value is -2.43. The zero-order valence-corrected chi connectivity index (χ0v) is 8.41. The summed E-state index contributed by atoms with van der Waals surface area (Å²) in [5.74, 6) is 0. The lowest BCUT2D eigenvalue weighted by molar-refractivity contribution is 0.743. The second-order valence-electron chi connectivity index (χ2n) is 3.35. The lowest BCUT2D eigenvalue weighted by Crippen LogP contribution is -1.89. The Morgan fingerprint density at radius 3 is 3.12 bits per heavy atom. The molecule has 1 aromatic carbocycles. The molecule has 0 aliphatic heterocycles. The first-order valence-corrected chi connectivity index (χ1v) is 4.88. The van der Waals surface area contributed by atoms with Gasteiger partial charge in [-0.15, -0.1) is 9.89 Å². The molecule has 78 valence electrons. The van der Waals surface area contributed by atoms with Crippen molar-refractivity contribution in [3.05, 3.63) is 48.7 Å². The predicted molar refractivity (Wildman–Crippen MR) is 61.3 cm³/mol. The third kappa shape index (κ3) is 1.48. The summed E-state index contributed by atoms with van der Waals surface area (Å²) in [6.45, 7) is 0. The number of benzene rings is 1. The monoisotopic (exact) mass is 211 g/mol. The number of H-pyrrole nitrogens is 1. The Morgan fingerprint density at radius 1 is 1.31 bits per heavy atom. The van der Waals surface area contributed by atoms with Gasteiger partial charge in [-0.05, 0) is 6.07 Å². The second-order valence-corrected chi connectivity index (χ2v) is 3.35. The van der Waals surface area contributed by atoms with Gasteiger partial charge in [0.25, 0.3) is 0 Å². The molecule has 0 unspecified atom stereocenters. The molecule has 0 aliphatic carbocycles. The molecule has 2 aromatic heterocycles. The van der Waals surface area contributed by atoms with E-state index in [0.29, 0.717) is 0 Å². The summed E-state index contributed by atoms with van der Waals surface area (Å²) in [6.07, 6.45) is 6.68. The van der Waals surface area contributed by atoms with Gasteiger partial charge in [0.1, 0.15) is 12.7 Å². The molecular weight excluding hydrogens is 202 g/mol. The highest BCUT2D eigenvalue weighted by atomic mass is 15.5. The van der Waals surface area contributed by atoms with E-state index in [0.717, 1.165) is 16.5 Å². The average Bonchev–Trinajstić information content (AvgIpc) is 2.96. The van der Waals surface area contributed by atoms with Crippen LogP contribution in [0.15, 0.2) is 48.2 Å². The van der Waals surface area contributed by atoms with Gasteiger partial charge in [-0.2, -0.15) is 5.10 Å². The van der Waals surface area contributed by atoms with Crippen LogP contribution < -0.4 is 0 Å². The van der Waals surface area contributed by atoms with Gasteiger partial charge in [0.2, 0.25) is 0 Å². The maximum Gasteiger partial charge on any atom is 0.139 e. The van der Waals surface area contributed by atoms with Gasteiger partial charge in [-0.3, -0.25) is 0 Å². The van der Waals surface area contributed by atoms with E-state index in [1.165, 1.54) is 11.1 Å². The molecule has 3 aromatic rings. The molecule has 3 rings (SSSR count). The molecule has 0 amide bonds. The van der Waals surface area contributed by atoms with Crippen LogP contribution in [0, 0.1) is 0 Å². The fraction of sp³-hybridized carbons (Fsp3) is 0. The number of para-hydroxylation sites is 1. The van der Waals surface area contributed by atoms with Crippen LogP contribution in [0.4, 0.5) is 0 Å². The van der Waals surface area contributed by atoms with Gasteiger partial charge in [0.05, 0.1) is 6.21 Å². The van der Waals surface area contributed by atoms with Crippen molar-refractivity contribution in [2.45, 2.75) is 0 Å². The third-order valence-electron chi connectivity index (χ3n) is 2.34. The van der Waals surface area contributed by atoms with Crippen molar-refractivity contribution in [3.63, 3.8) is 0 Å². The van der Waals surface area contributed by atoms with Gasteiger partial charge in [0.15, 0.2) is 0 Å². The van der Waals surface area contributed by atoms with E-state index in [2.05, 4.69) is 26.2 Å².